The number of hydrogen-bond donors (Lipinski definition) is 0. The first-order valence-electron chi connectivity index (χ1n) is 5.36. The molecule has 1 aromatic heterocycles. The van der Waals surface area contributed by atoms with Gasteiger partial charge in [0.25, 0.3) is 5.89 Å². The average molecular weight is 269 g/mol. The predicted octanol–water partition coefficient (Wildman–Crippen LogP) is 2.72. The molecule has 18 heavy (non-hydrogen) atoms. The number of halogens is 1. The molecule has 0 fully saturated rings. The summed E-state index contributed by atoms with van der Waals surface area (Å²) in [5.74, 6) is 0.808. The number of hydrogen-bond acceptors (Lipinski definition) is 5. The molecule has 2 aromatic rings. The van der Waals surface area contributed by atoms with E-state index in [2.05, 4.69) is 10.1 Å². The first kappa shape index (κ1) is 13.0. The predicted molar refractivity (Wildman–Crippen MR) is 66.4 cm³/mol. The molecule has 0 radical (unpaired) electrons. The minimum atomic E-state index is -0.352. The minimum absolute atomic E-state index is 0.352. The molecule has 2 rings (SSSR count). The van der Waals surface area contributed by atoms with Crippen LogP contribution in [0.3, 0.4) is 0 Å². The summed E-state index contributed by atoms with van der Waals surface area (Å²) >= 11 is 6.06. The van der Waals surface area contributed by atoms with Crippen LogP contribution in [0.1, 0.15) is 11.9 Å². The molecular formula is C12H13ClN2O3. The van der Waals surface area contributed by atoms with Crippen molar-refractivity contribution in [2.45, 2.75) is 6.10 Å². The van der Waals surface area contributed by atoms with Crippen molar-refractivity contribution in [1.82, 2.24) is 10.1 Å². The van der Waals surface area contributed by atoms with Crippen LogP contribution in [0.5, 0.6) is 0 Å². The topological polar surface area (TPSA) is 57.4 Å². The molecule has 0 saturated carbocycles. The highest BCUT2D eigenvalue weighted by Gasteiger charge is 2.19. The van der Waals surface area contributed by atoms with Gasteiger partial charge in [0.1, 0.15) is 6.10 Å². The van der Waals surface area contributed by atoms with Crippen molar-refractivity contribution < 1.29 is 14.0 Å². The van der Waals surface area contributed by atoms with E-state index in [1.165, 1.54) is 0 Å². The second kappa shape index (κ2) is 5.95. The van der Waals surface area contributed by atoms with E-state index in [4.69, 9.17) is 25.6 Å². The van der Waals surface area contributed by atoms with E-state index >= 15 is 0 Å². The third-order valence-electron chi connectivity index (χ3n) is 2.44. The molecule has 5 nitrogen and oxygen atoms in total. The van der Waals surface area contributed by atoms with Crippen LogP contribution in [0.4, 0.5) is 0 Å². The number of aromatic nitrogens is 2. The van der Waals surface area contributed by atoms with Crippen molar-refractivity contribution >= 4 is 11.6 Å². The molecule has 0 bridgehead atoms. The number of ether oxygens (including phenoxy) is 2. The van der Waals surface area contributed by atoms with E-state index in [-0.39, 0.29) is 6.10 Å². The largest absolute Gasteiger partial charge is 0.381 e. The number of rotatable bonds is 5. The Kier molecular flexibility index (Phi) is 4.30. The van der Waals surface area contributed by atoms with Crippen molar-refractivity contribution in [3.63, 3.8) is 0 Å². The van der Waals surface area contributed by atoms with Crippen LogP contribution in [0.15, 0.2) is 28.8 Å². The molecule has 1 atom stereocenters. The summed E-state index contributed by atoms with van der Waals surface area (Å²) in [6.07, 6.45) is -0.352. The molecule has 96 valence electrons. The molecule has 0 N–H and O–H groups in total. The van der Waals surface area contributed by atoms with Gasteiger partial charge in [-0.1, -0.05) is 28.9 Å². The van der Waals surface area contributed by atoms with E-state index in [1.807, 2.05) is 18.2 Å². The van der Waals surface area contributed by atoms with Crippen molar-refractivity contribution in [3.05, 3.63) is 35.1 Å². The van der Waals surface area contributed by atoms with Crippen LogP contribution in [0.25, 0.3) is 11.5 Å². The van der Waals surface area contributed by atoms with Crippen molar-refractivity contribution in [2.75, 3.05) is 20.8 Å². The summed E-state index contributed by atoms with van der Waals surface area (Å²) in [6, 6.07) is 7.28. The number of methoxy groups -OCH3 is 2. The van der Waals surface area contributed by atoms with Crippen molar-refractivity contribution in [2.24, 2.45) is 0 Å². The zero-order valence-electron chi connectivity index (χ0n) is 10.1. The highest BCUT2D eigenvalue weighted by molar-refractivity contribution is 6.33. The van der Waals surface area contributed by atoms with Gasteiger partial charge in [-0.3, -0.25) is 0 Å². The summed E-state index contributed by atoms with van der Waals surface area (Å²) in [5, 5.41) is 4.44. The molecule has 0 aliphatic heterocycles. The number of nitrogens with zero attached hydrogens (tertiary/aromatic N) is 2. The highest BCUT2D eigenvalue weighted by Crippen LogP contribution is 2.27. The van der Waals surface area contributed by atoms with Gasteiger partial charge < -0.3 is 14.0 Å². The molecule has 1 heterocycles. The normalized spacial score (nSPS) is 12.6. The summed E-state index contributed by atoms with van der Waals surface area (Å²) in [5.41, 5.74) is 0.699. The molecule has 1 unspecified atom stereocenters. The second-order valence-electron chi connectivity index (χ2n) is 3.62. The average Bonchev–Trinajstić information content (AvgIpc) is 2.85. The lowest BCUT2D eigenvalue weighted by molar-refractivity contribution is 0.0209. The van der Waals surface area contributed by atoms with Gasteiger partial charge >= 0.3 is 0 Å². The van der Waals surface area contributed by atoms with Gasteiger partial charge in [0.15, 0.2) is 0 Å². The summed E-state index contributed by atoms with van der Waals surface area (Å²) < 4.78 is 15.4. The molecule has 0 saturated heterocycles. The van der Waals surface area contributed by atoms with Gasteiger partial charge in [-0.25, -0.2) is 0 Å². The maximum absolute atomic E-state index is 6.06. The fourth-order valence-corrected chi connectivity index (χ4v) is 1.73. The molecule has 0 amide bonds. The standard InChI is InChI=1S/C12H13ClN2O3/c1-16-7-10(17-2)11-14-12(18-15-11)8-5-3-4-6-9(8)13/h3-6,10H,7H2,1-2H3. The maximum Gasteiger partial charge on any atom is 0.259 e. The van der Waals surface area contributed by atoms with Gasteiger partial charge in [-0.2, -0.15) is 4.98 Å². The van der Waals surface area contributed by atoms with Crippen LogP contribution in [-0.2, 0) is 9.47 Å². The molecule has 0 spiro atoms. The molecule has 1 aromatic carbocycles. The van der Waals surface area contributed by atoms with Crippen LogP contribution in [0, 0.1) is 0 Å². The zero-order chi connectivity index (χ0) is 13.0. The van der Waals surface area contributed by atoms with Crippen LogP contribution >= 0.6 is 11.6 Å². The quantitative estimate of drug-likeness (QED) is 0.834. The SMILES string of the molecule is COCC(OC)c1noc(-c2ccccc2Cl)n1. The van der Waals surface area contributed by atoms with Crippen molar-refractivity contribution in [3.8, 4) is 11.5 Å². The smallest absolute Gasteiger partial charge is 0.259 e. The Labute approximate surface area is 110 Å². The molecular weight excluding hydrogens is 256 g/mol. The van der Waals surface area contributed by atoms with Gasteiger partial charge in [0, 0.05) is 14.2 Å². The molecule has 0 aliphatic rings. The van der Waals surface area contributed by atoms with E-state index < -0.39 is 0 Å². The lowest BCUT2D eigenvalue weighted by atomic mass is 10.2. The Bertz CT molecular complexity index is 516. The Morgan fingerprint density at radius 1 is 1.33 bits per heavy atom. The van der Waals surface area contributed by atoms with Crippen LogP contribution in [-0.4, -0.2) is 31.0 Å². The lowest BCUT2D eigenvalue weighted by Gasteiger charge is -2.08. The summed E-state index contributed by atoms with van der Waals surface area (Å²) in [6.45, 7) is 0.359. The van der Waals surface area contributed by atoms with Crippen molar-refractivity contribution in [1.29, 1.82) is 0 Å². The lowest BCUT2D eigenvalue weighted by Crippen LogP contribution is -2.10. The van der Waals surface area contributed by atoms with Gasteiger partial charge in [-0.15, -0.1) is 0 Å². The van der Waals surface area contributed by atoms with Crippen LogP contribution < -0.4 is 0 Å². The van der Waals surface area contributed by atoms with E-state index in [0.29, 0.717) is 28.9 Å². The molecule has 6 heteroatoms. The Morgan fingerprint density at radius 3 is 2.78 bits per heavy atom. The maximum atomic E-state index is 6.06. The van der Waals surface area contributed by atoms with Gasteiger partial charge in [0.05, 0.1) is 17.2 Å². The first-order chi connectivity index (χ1) is 8.76. The minimum Gasteiger partial charge on any atom is -0.381 e. The van der Waals surface area contributed by atoms with Gasteiger partial charge in [-0.05, 0) is 12.1 Å². The number of benzene rings is 1. The van der Waals surface area contributed by atoms with E-state index in [1.54, 1.807) is 20.3 Å². The van der Waals surface area contributed by atoms with E-state index in [9.17, 15) is 0 Å². The highest BCUT2D eigenvalue weighted by atomic mass is 35.5. The second-order valence-corrected chi connectivity index (χ2v) is 4.02. The zero-order valence-corrected chi connectivity index (χ0v) is 10.8. The fraction of sp³-hybridized carbons (Fsp3) is 0.333. The Balaban J connectivity index is 2.28. The van der Waals surface area contributed by atoms with Crippen LogP contribution in [0.2, 0.25) is 5.02 Å². The Hall–Kier alpha value is -1.43. The fourth-order valence-electron chi connectivity index (χ4n) is 1.51. The summed E-state index contributed by atoms with van der Waals surface area (Å²) in [7, 11) is 3.15. The molecule has 0 aliphatic carbocycles. The van der Waals surface area contributed by atoms with Gasteiger partial charge in [0.2, 0.25) is 5.82 Å². The third-order valence-corrected chi connectivity index (χ3v) is 2.77. The summed E-state index contributed by atoms with van der Waals surface area (Å²) in [4.78, 5) is 4.26. The monoisotopic (exact) mass is 268 g/mol. The van der Waals surface area contributed by atoms with E-state index in [0.717, 1.165) is 0 Å². The first-order valence-corrected chi connectivity index (χ1v) is 5.74. The Morgan fingerprint density at radius 2 is 2.11 bits per heavy atom. The third kappa shape index (κ3) is 2.69.